The van der Waals surface area contributed by atoms with Crippen LogP contribution in [0.4, 0.5) is 10.1 Å². The summed E-state index contributed by atoms with van der Waals surface area (Å²) in [4.78, 5) is 11.1. The third-order valence-corrected chi connectivity index (χ3v) is 3.11. The summed E-state index contributed by atoms with van der Waals surface area (Å²) < 4.78 is 18.3. The number of ether oxygens (including phenoxy) is 1. The Labute approximate surface area is 122 Å². The second-order valence-corrected chi connectivity index (χ2v) is 4.48. The normalized spacial score (nSPS) is 10.2. The van der Waals surface area contributed by atoms with E-state index in [1.807, 2.05) is 24.3 Å². The number of nitrogens with one attached hydrogen (secondary N) is 1. The molecule has 0 aliphatic carbocycles. The highest BCUT2D eigenvalue weighted by Crippen LogP contribution is 2.20. The van der Waals surface area contributed by atoms with Crippen molar-refractivity contribution in [2.75, 3.05) is 19.0 Å². The van der Waals surface area contributed by atoms with Gasteiger partial charge in [0.05, 0.1) is 12.7 Å². The number of carboxylic acid groups (broad SMARTS) is 1. The Morgan fingerprint density at radius 1 is 1.29 bits per heavy atom. The zero-order valence-electron chi connectivity index (χ0n) is 11.6. The third kappa shape index (κ3) is 3.72. The number of anilines is 1. The van der Waals surface area contributed by atoms with E-state index in [0.717, 1.165) is 17.4 Å². The summed E-state index contributed by atoms with van der Waals surface area (Å²) in [7, 11) is 1.61. The first kappa shape index (κ1) is 14.8. The number of methoxy groups -OCH3 is 1. The van der Waals surface area contributed by atoms with Crippen molar-refractivity contribution in [3.8, 4) is 5.75 Å². The number of benzene rings is 2. The predicted molar refractivity (Wildman–Crippen MR) is 78.5 cm³/mol. The molecule has 0 bridgehead atoms. The van der Waals surface area contributed by atoms with Crippen molar-refractivity contribution in [2.45, 2.75) is 6.42 Å². The first-order valence-corrected chi connectivity index (χ1v) is 6.50. The average Bonchev–Trinajstić information content (AvgIpc) is 2.49. The largest absolute Gasteiger partial charge is 0.496 e. The SMILES string of the molecule is COc1ccccc1CCNc1ccc(F)cc1C(=O)O. The van der Waals surface area contributed by atoms with Crippen LogP contribution in [0.3, 0.4) is 0 Å². The maximum absolute atomic E-state index is 13.1. The summed E-state index contributed by atoms with van der Waals surface area (Å²) in [5.74, 6) is -0.936. The average molecular weight is 289 g/mol. The van der Waals surface area contributed by atoms with E-state index in [9.17, 15) is 9.18 Å². The number of carbonyl (C=O) groups is 1. The number of hydrogen-bond donors (Lipinski definition) is 2. The van der Waals surface area contributed by atoms with E-state index in [2.05, 4.69) is 5.32 Å². The molecule has 0 aromatic heterocycles. The smallest absolute Gasteiger partial charge is 0.337 e. The van der Waals surface area contributed by atoms with Crippen molar-refractivity contribution >= 4 is 11.7 Å². The molecule has 0 unspecified atom stereocenters. The highest BCUT2D eigenvalue weighted by Gasteiger charge is 2.11. The van der Waals surface area contributed by atoms with E-state index in [0.29, 0.717) is 18.7 Å². The van der Waals surface area contributed by atoms with Gasteiger partial charge in [0.25, 0.3) is 0 Å². The van der Waals surface area contributed by atoms with Gasteiger partial charge in [-0.1, -0.05) is 18.2 Å². The van der Waals surface area contributed by atoms with Crippen molar-refractivity contribution in [3.05, 3.63) is 59.4 Å². The molecule has 2 N–H and O–H groups in total. The lowest BCUT2D eigenvalue weighted by Gasteiger charge is -2.11. The lowest BCUT2D eigenvalue weighted by atomic mass is 10.1. The fourth-order valence-electron chi connectivity index (χ4n) is 2.09. The predicted octanol–water partition coefficient (Wildman–Crippen LogP) is 3.19. The number of aromatic carboxylic acids is 1. The fraction of sp³-hybridized carbons (Fsp3) is 0.188. The fourth-order valence-corrected chi connectivity index (χ4v) is 2.09. The lowest BCUT2D eigenvalue weighted by molar-refractivity contribution is 0.0697. The van der Waals surface area contributed by atoms with Crippen LogP contribution in [0.15, 0.2) is 42.5 Å². The number of rotatable bonds is 6. The van der Waals surface area contributed by atoms with E-state index in [1.165, 1.54) is 12.1 Å². The van der Waals surface area contributed by atoms with Gasteiger partial charge in [-0.15, -0.1) is 0 Å². The van der Waals surface area contributed by atoms with Crippen molar-refractivity contribution < 1.29 is 19.0 Å². The molecule has 110 valence electrons. The molecule has 4 nitrogen and oxygen atoms in total. The Hall–Kier alpha value is -2.56. The maximum atomic E-state index is 13.1. The summed E-state index contributed by atoms with van der Waals surface area (Å²) in [6.07, 6.45) is 0.667. The van der Waals surface area contributed by atoms with E-state index in [1.54, 1.807) is 7.11 Å². The van der Waals surface area contributed by atoms with Crippen molar-refractivity contribution in [1.29, 1.82) is 0 Å². The van der Waals surface area contributed by atoms with Gasteiger partial charge in [-0.2, -0.15) is 0 Å². The third-order valence-electron chi connectivity index (χ3n) is 3.11. The molecule has 2 aromatic carbocycles. The molecule has 0 fully saturated rings. The molecular formula is C16H16FNO3. The molecule has 0 saturated heterocycles. The molecule has 2 rings (SSSR count). The molecule has 0 saturated carbocycles. The molecule has 21 heavy (non-hydrogen) atoms. The summed E-state index contributed by atoms with van der Waals surface area (Å²) in [5, 5.41) is 12.1. The maximum Gasteiger partial charge on any atom is 0.337 e. The Morgan fingerprint density at radius 2 is 2.05 bits per heavy atom. The molecule has 0 radical (unpaired) electrons. The molecule has 0 amide bonds. The first-order chi connectivity index (χ1) is 10.1. The van der Waals surface area contributed by atoms with Crippen LogP contribution in [0.25, 0.3) is 0 Å². The van der Waals surface area contributed by atoms with Crippen LogP contribution in [0.5, 0.6) is 5.75 Å². The number of carboxylic acids is 1. The summed E-state index contributed by atoms with van der Waals surface area (Å²) in [6.45, 7) is 0.520. The van der Waals surface area contributed by atoms with Crippen LogP contribution >= 0.6 is 0 Å². The summed E-state index contributed by atoms with van der Waals surface area (Å²) in [5.41, 5.74) is 1.35. The monoisotopic (exact) mass is 289 g/mol. The topological polar surface area (TPSA) is 58.6 Å². The second kappa shape index (κ2) is 6.74. The molecule has 0 atom stereocenters. The van der Waals surface area contributed by atoms with Gasteiger partial charge < -0.3 is 15.2 Å². The lowest BCUT2D eigenvalue weighted by Crippen LogP contribution is -2.10. The number of halogens is 1. The molecule has 2 aromatic rings. The van der Waals surface area contributed by atoms with Gasteiger partial charge in [-0.05, 0) is 36.2 Å². The van der Waals surface area contributed by atoms with Crippen molar-refractivity contribution in [3.63, 3.8) is 0 Å². The van der Waals surface area contributed by atoms with E-state index < -0.39 is 11.8 Å². The minimum atomic E-state index is -1.16. The second-order valence-electron chi connectivity index (χ2n) is 4.48. The van der Waals surface area contributed by atoms with E-state index in [-0.39, 0.29) is 5.56 Å². The highest BCUT2D eigenvalue weighted by atomic mass is 19.1. The first-order valence-electron chi connectivity index (χ1n) is 6.50. The van der Waals surface area contributed by atoms with Gasteiger partial charge in [-0.25, -0.2) is 9.18 Å². The molecule has 0 aliphatic heterocycles. The van der Waals surface area contributed by atoms with Gasteiger partial charge >= 0.3 is 5.97 Å². The Bertz CT molecular complexity index is 643. The molecule has 0 aliphatic rings. The molecule has 0 heterocycles. The van der Waals surface area contributed by atoms with Crippen molar-refractivity contribution in [2.24, 2.45) is 0 Å². The van der Waals surface area contributed by atoms with Crippen LogP contribution in [0, 0.1) is 5.82 Å². The quantitative estimate of drug-likeness (QED) is 0.857. The van der Waals surface area contributed by atoms with Crippen LogP contribution in [0.2, 0.25) is 0 Å². The highest BCUT2D eigenvalue weighted by molar-refractivity contribution is 5.94. The number of hydrogen-bond acceptors (Lipinski definition) is 3. The van der Waals surface area contributed by atoms with Gasteiger partial charge in [0.2, 0.25) is 0 Å². The summed E-state index contributed by atoms with van der Waals surface area (Å²) >= 11 is 0. The van der Waals surface area contributed by atoms with Gasteiger partial charge in [0.15, 0.2) is 0 Å². The molecule has 0 spiro atoms. The van der Waals surface area contributed by atoms with Crippen LogP contribution in [0.1, 0.15) is 15.9 Å². The van der Waals surface area contributed by atoms with Gasteiger partial charge in [0, 0.05) is 12.2 Å². The Kier molecular flexibility index (Phi) is 4.77. The molecular weight excluding hydrogens is 273 g/mol. The summed E-state index contributed by atoms with van der Waals surface area (Å²) in [6, 6.07) is 11.3. The van der Waals surface area contributed by atoms with Crippen LogP contribution < -0.4 is 10.1 Å². The minimum absolute atomic E-state index is 0.0740. The van der Waals surface area contributed by atoms with Crippen LogP contribution in [-0.2, 0) is 6.42 Å². The standard InChI is InChI=1S/C16H16FNO3/c1-21-15-5-3-2-4-11(15)8-9-18-14-7-6-12(17)10-13(14)16(19)20/h2-7,10,18H,8-9H2,1H3,(H,19,20). The zero-order valence-corrected chi connectivity index (χ0v) is 11.6. The van der Waals surface area contributed by atoms with Gasteiger partial charge in [0.1, 0.15) is 11.6 Å². The van der Waals surface area contributed by atoms with Crippen molar-refractivity contribution in [1.82, 2.24) is 0 Å². The van der Waals surface area contributed by atoms with E-state index in [4.69, 9.17) is 9.84 Å². The number of para-hydroxylation sites is 1. The Balaban J connectivity index is 2.05. The minimum Gasteiger partial charge on any atom is -0.496 e. The van der Waals surface area contributed by atoms with E-state index >= 15 is 0 Å². The van der Waals surface area contributed by atoms with Gasteiger partial charge in [-0.3, -0.25) is 0 Å². The molecule has 5 heteroatoms. The van der Waals surface area contributed by atoms with Crippen LogP contribution in [-0.4, -0.2) is 24.7 Å². The zero-order chi connectivity index (χ0) is 15.2. The Morgan fingerprint density at radius 3 is 2.76 bits per heavy atom.